The average molecular weight is 264 g/mol. The summed E-state index contributed by atoms with van der Waals surface area (Å²) in [5.74, 6) is 0. The molecule has 0 radical (unpaired) electrons. The van der Waals surface area contributed by atoms with Crippen LogP contribution in [0.4, 0.5) is 0 Å². The highest BCUT2D eigenvalue weighted by Gasteiger charge is 2.35. The Morgan fingerprint density at radius 3 is 2.67 bits per heavy atom. The Morgan fingerprint density at radius 1 is 1.50 bits per heavy atom. The fraction of sp³-hybridized carbons (Fsp3) is 0.500. The van der Waals surface area contributed by atoms with Crippen molar-refractivity contribution in [2.45, 2.75) is 31.4 Å². The summed E-state index contributed by atoms with van der Waals surface area (Å²) in [7, 11) is 0. The van der Waals surface area contributed by atoms with E-state index in [1.54, 1.807) is 0 Å². The quantitative estimate of drug-likeness (QED) is 0.815. The molecule has 0 aromatic heterocycles. The van der Waals surface area contributed by atoms with E-state index in [-0.39, 0.29) is 6.04 Å². The van der Waals surface area contributed by atoms with Crippen LogP contribution in [-0.4, -0.2) is 33.7 Å². The Bertz CT molecular complexity index is 419. The number of hydrogen-bond donors (Lipinski definition) is 2. The van der Waals surface area contributed by atoms with Crippen LogP contribution in [0.5, 0.6) is 0 Å². The molecule has 2 rings (SSSR count). The van der Waals surface area contributed by atoms with Crippen molar-refractivity contribution >= 4 is 17.2 Å². The van der Waals surface area contributed by atoms with Gasteiger partial charge in [-0.05, 0) is 18.9 Å². The molecule has 0 aliphatic carbocycles. The first-order valence-corrected chi connectivity index (χ1v) is 6.68. The van der Waals surface area contributed by atoms with Gasteiger partial charge in [0.15, 0.2) is 0 Å². The number of likely N-dealkylation sites (tertiary alicyclic amines) is 1. The van der Waals surface area contributed by atoms with Gasteiger partial charge in [-0.1, -0.05) is 42.5 Å². The van der Waals surface area contributed by atoms with E-state index in [0.29, 0.717) is 18.0 Å². The molecule has 1 heterocycles. The van der Waals surface area contributed by atoms with Gasteiger partial charge < -0.3 is 10.8 Å². The van der Waals surface area contributed by atoms with E-state index < -0.39 is 5.60 Å². The molecule has 18 heavy (non-hydrogen) atoms. The maximum absolute atomic E-state index is 10.1. The zero-order chi connectivity index (χ0) is 13.2. The third-order valence-electron chi connectivity index (χ3n) is 3.50. The molecule has 3 nitrogen and oxygen atoms in total. The monoisotopic (exact) mass is 264 g/mol. The van der Waals surface area contributed by atoms with Gasteiger partial charge >= 0.3 is 0 Å². The van der Waals surface area contributed by atoms with Crippen LogP contribution in [0.2, 0.25) is 0 Å². The summed E-state index contributed by atoms with van der Waals surface area (Å²) in [6.45, 7) is 3.44. The predicted octanol–water partition coefficient (Wildman–Crippen LogP) is 1.86. The van der Waals surface area contributed by atoms with Gasteiger partial charge in [0.2, 0.25) is 0 Å². The molecule has 1 saturated heterocycles. The van der Waals surface area contributed by atoms with Gasteiger partial charge in [-0.25, -0.2) is 0 Å². The van der Waals surface area contributed by atoms with Crippen LogP contribution in [0.15, 0.2) is 30.3 Å². The van der Waals surface area contributed by atoms with Crippen LogP contribution < -0.4 is 5.73 Å². The summed E-state index contributed by atoms with van der Waals surface area (Å²) in [4.78, 5) is 2.80. The largest absolute Gasteiger partial charge is 0.393 e. The van der Waals surface area contributed by atoms with Gasteiger partial charge in [0.25, 0.3) is 0 Å². The SMILES string of the molecule is CC1(O)CCN(C(CC(N)=S)c2ccccc2)C1. The number of hydrogen-bond acceptors (Lipinski definition) is 3. The van der Waals surface area contributed by atoms with Crippen molar-refractivity contribution in [1.29, 1.82) is 0 Å². The standard InChI is InChI=1S/C14H20N2OS/c1-14(17)7-8-16(10-14)12(9-13(15)18)11-5-3-2-4-6-11/h2-6,12,17H,7-10H2,1H3,(H2,15,18). The second-order valence-electron chi connectivity index (χ2n) is 5.31. The number of nitrogens with zero attached hydrogens (tertiary/aromatic N) is 1. The van der Waals surface area contributed by atoms with E-state index >= 15 is 0 Å². The molecule has 1 fully saturated rings. The van der Waals surface area contributed by atoms with E-state index in [2.05, 4.69) is 17.0 Å². The van der Waals surface area contributed by atoms with Gasteiger partial charge in [-0.15, -0.1) is 0 Å². The molecule has 3 N–H and O–H groups in total. The Hall–Kier alpha value is -0.970. The van der Waals surface area contributed by atoms with Crippen LogP contribution in [-0.2, 0) is 0 Å². The lowest BCUT2D eigenvalue weighted by molar-refractivity contribution is 0.0625. The smallest absolute Gasteiger partial charge is 0.0758 e. The van der Waals surface area contributed by atoms with Crippen molar-refractivity contribution in [1.82, 2.24) is 4.90 Å². The molecular weight excluding hydrogens is 244 g/mol. The van der Waals surface area contributed by atoms with E-state index in [4.69, 9.17) is 18.0 Å². The lowest BCUT2D eigenvalue weighted by Crippen LogP contribution is -2.34. The van der Waals surface area contributed by atoms with Crippen molar-refractivity contribution < 1.29 is 5.11 Å². The Morgan fingerprint density at radius 2 is 2.17 bits per heavy atom. The van der Waals surface area contributed by atoms with E-state index in [1.807, 2.05) is 25.1 Å². The number of rotatable bonds is 4. The van der Waals surface area contributed by atoms with Crippen LogP contribution in [0.3, 0.4) is 0 Å². The summed E-state index contributed by atoms with van der Waals surface area (Å²) in [6.07, 6.45) is 1.46. The van der Waals surface area contributed by atoms with Crippen LogP contribution >= 0.6 is 12.2 Å². The minimum absolute atomic E-state index is 0.178. The fourth-order valence-corrected chi connectivity index (χ4v) is 2.73. The minimum Gasteiger partial charge on any atom is -0.393 e. The van der Waals surface area contributed by atoms with Gasteiger partial charge in [0.05, 0.1) is 10.6 Å². The molecular formula is C14H20N2OS. The molecule has 0 bridgehead atoms. The van der Waals surface area contributed by atoms with Crippen molar-refractivity contribution in [3.05, 3.63) is 35.9 Å². The Balaban J connectivity index is 2.19. The molecule has 2 atom stereocenters. The number of aliphatic hydroxyl groups is 1. The van der Waals surface area contributed by atoms with Crippen LogP contribution in [0.1, 0.15) is 31.4 Å². The van der Waals surface area contributed by atoms with Gasteiger partial charge in [-0.2, -0.15) is 0 Å². The zero-order valence-electron chi connectivity index (χ0n) is 10.7. The maximum Gasteiger partial charge on any atom is 0.0758 e. The molecule has 4 heteroatoms. The third-order valence-corrected chi connectivity index (χ3v) is 3.67. The molecule has 0 amide bonds. The summed E-state index contributed by atoms with van der Waals surface area (Å²) in [5, 5.41) is 10.1. The second-order valence-corrected chi connectivity index (χ2v) is 5.84. The summed E-state index contributed by atoms with van der Waals surface area (Å²) < 4.78 is 0. The lowest BCUT2D eigenvalue weighted by Gasteiger charge is -2.29. The maximum atomic E-state index is 10.1. The van der Waals surface area contributed by atoms with E-state index in [0.717, 1.165) is 13.0 Å². The second kappa shape index (κ2) is 5.34. The number of benzene rings is 1. The van der Waals surface area contributed by atoms with E-state index in [1.165, 1.54) is 5.56 Å². The summed E-state index contributed by atoms with van der Waals surface area (Å²) >= 11 is 5.05. The summed E-state index contributed by atoms with van der Waals surface area (Å²) in [5.41, 5.74) is 6.33. The first-order chi connectivity index (χ1) is 8.48. The normalized spacial score (nSPS) is 26.1. The minimum atomic E-state index is -0.594. The van der Waals surface area contributed by atoms with Crippen molar-refractivity contribution in [3.63, 3.8) is 0 Å². The topological polar surface area (TPSA) is 49.5 Å². The Kier molecular flexibility index (Phi) is 4.00. The third kappa shape index (κ3) is 3.28. The van der Waals surface area contributed by atoms with Crippen molar-refractivity contribution in [2.75, 3.05) is 13.1 Å². The van der Waals surface area contributed by atoms with Crippen LogP contribution in [0, 0.1) is 0 Å². The van der Waals surface area contributed by atoms with Crippen molar-refractivity contribution in [3.8, 4) is 0 Å². The highest BCUT2D eigenvalue weighted by molar-refractivity contribution is 7.80. The highest BCUT2D eigenvalue weighted by atomic mass is 32.1. The Labute approximate surface area is 114 Å². The van der Waals surface area contributed by atoms with Crippen LogP contribution in [0.25, 0.3) is 0 Å². The average Bonchev–Trinajstić information content (AvgIpc) is 2.67. The number of nitrogens with two attached hydrogens (primary N) is 1. The molecule has 1 aromatic rings. The number of thiocarbonyl (C=S) groups is 1. The predicted molar refractivity (Wildman–Crippen MR) is 77.4 cm³/mol. The fourth-order valence-electron chi connectivity index (χ4n) is 2.57. The first-order valence-electron chi connectivity index (χ1n) is 6.28. The van der Waals surface area contributed by atoms with Gasteiger partial charge in [0, 0.05) is 25.6 Å². The van der Waals surface area contributed by atoms with Crippen molar-refractivity contribution in [2.24, 2.45) is 5.73 Å². The van der Waals surface area contributed by atoms with Gasteiger partial charge in [-0.3, -0.25) is 4.90 Å². The zero-order valence-corrected chi connectivity index (χ0v) is 11.5. The molecule has 1 aliphatic heterocycles. The molecule has 0 spiro atoms. The van der Waals surface area contributed by atoms with Gasteiger partial charge in [0.1, 0.15) is 0 Å². The molecule has 2 unspecified atom stereocenters. The highest BCUT2D eigenvalue weighted by Crippen LogP contribution is 2.31. The lowest BCUT2D eigenvalue weighted by atomic mass is 10.0. The summed E-state index contributed by atoms with van der Waals surface area (Å²) in [6, 6.07) is 10.4. The number of β-amino-alcohol motifs (C(OH)–C–C–N with tert-alkyl or cyclic N) is 1. The molecule has 1 aliphatic rings. The molecule has 1 aromatic carbocycles. The molecule has 0 saturated carbocycles. The first kappa shape index (κ1) is 13.5. The van der Waals surface area contributed by atoms with E-state index in [9.17, 15) is 5.11 Å². The molecule has 98 valence electrons.